The highest BCUT2D eigenvalue weighted by Gasteiger charge is 2.15. The van der Waals surface area contributed by atoms with E-state index in [1.54, 1.807) is 6.26 Å². The smallest absolute Gasteiger partial charge is 0.407 e. The first-order valence-corrected chi connectivity index (χ1v) is 10.3. The van der Waals surface area contributed by atoms with Gasteiger partial charge in [0.25, 0.3) is 0 Å². The number of carbonyl (C=O) groups is 1. The van der Waals surface area contributed by atoms with Crippen LogP contribution < -0.4 is 16.0 Å². The number of hydrogen-bond donors (Lipinski definition) is 3. The Balaban J connectivity index is 0.00000480. The van der Waals surface area contributed by atoms with E-state index >= 15 is 0 Å². The second-order valence-electron chi connectivity index (χ2n) is 7.88. The first kappa shape index (κ1) is 26.7. The first-order chi connectivity index (χ1) is 14.3. The number of carbonyl (C=O) groups excluding carboxylic acids is 1. The van der Waals surface area contributed by atoms with Crippen LogP contribution in [-0.2, 0) is 11.2 Å². The lowest BCUT2D eigenvalue weighted by atomic mass is 10.1. The van der Waals surface area contributed by atoms with Crippen molar-refractivity contribution in [2.24, 2.45) is 4.99 Å². The van der Waals surface area contributed by atoms with Gasteiger partial charge < -0.3 is 25.1 Å². The molecule has 9 heteroatoms. The van der Waals surface area contributed by atoms with Crippen molar-refractivity contribution in [2.75, 3.05) is 26.2 Å². The van der Waals surface area contributed by atoms with Gasteiger partial charge in [-0.05, 0) is 46.8 Å². The van der Waals surface area contributed by atoms with Crippen LogP contribution in [0.15, 0.2) is 39.9 Å². The maximum Gasteiger partial charge on any atom is 0.407 e. The summed E-state index contributed by atoms with van der Waals surface area (Å²) in [5.74, 6) is 1.30. The van der Waals surface area contributed by atoms with Gasteiger partial charge >= 0.3 is 6.09 Å². The minimum atomic E-state index is -0.506. The maximum atomic E-state index is 11.7. The van der Waals surface area contributed by atoms with Crippen LogP contribution in [0.3, 0.4) is 0 Å². The van der Waals surface area contributed by atoms with E-state index in [0.717, 1.165) is 17.8 Å². The molecule has 0 bridgehead atoms. The summed E-state index contributed by atoms with van der Waals surface area (Å²) in [6.07, 6.45) is 1.92. The summed E-state index contributed by atoms with van der Waals surface area (Å²) < 4.78 is 10.8. The Hall–Kier alpha value is -2.30. The largest absolute Gasteiger partial charge is 0.444 e. The van der Waals surface area contributed by atoms with Gasteiger partial charge in [0.05, 0.1) is 5.69 Å². The van der Waals surface area contributed by atoms with Gasteiger partial charge in [0, 0.05) is 38.2 Å². The predicted octanol–water partition coefficient (Wildman–Crippen LogP) is 3.89. The van der Waals surface area contributed by atoms with Crippen molar-refractivity contribution in [3.8, 4) is 11.5 Å². The summed E-state index contributed by atoms with van der Waals surface area (Å²) in [6.45, 7) is 11.8. The number of hydrogen-bond acceptors (Lipinski definition) is 5. The molecule has 0 aliphatic rings. The fourth-order valence-corrected chi connectivity index (χ4v) is 2.53. The van der Waals surface area contributed by atoms with Crippen molar-refractivity contribution in [1.82, 2.24) is 20.9 Å². The number of amides is 1. The molecule has 0 fully saturated rings. The van der Waals surface area contributed by atoms with Gasteiger partial charge in [-0.25, -0.2) is 9.78 Å². The molecule has 0 unspecified atom stereocenters. The molecular formula is C22H34IN5O3. The summed E-state index contributed by atoms with van der Waals surface area (Å²) in [6, 6.07) is 8.08. The monoisotopic (exact) mass is 543 g/mol. The number of aromatic nitrogens is 1. The number of rotatable bonds is 8. The summed E-state index contributed by atoms with van der Waals surface area (Å²) in [5, 5.41) is 9.08. The molecular weight excluding hydrogens is 509 g/mol. The quantitative estimate of drug-likeness (QED) is 0.202. The van der Waals surface area contributed by atoms with E-state index in [1.807, 2.05) is 58.9 Å². The Morgan fingerprint density at radius 1 is 1.13 bits per heavy atom. The number of aryl methyl sites for hydroxylation is 1. The van der Waals surface area contributed by atoms with Gasteiger partial charge in [0.2, 0.25) is 5.89 Å². The molecule has 0 saturated carbocycles. The molecule has 0 aliphatic heterocycles. The van der Waals surface area contributed by atoms with Crippen LogP contribution in [0.2, 0.25) is 0 Å². The summed E-state index contributed by atoms with van der Waals surface area (Å²) in [5.41, 5.74) is 2.51. The van der Waals surface area contributed by atoms with Gasteiger partial charge in [-0.1, -0.05) is 17.7 Å². The molecule has 1 amide bonds. The Morgan fingerprint density at radius 2 is 1.81 bits per heavy atom. The Labute approximate surface area is 201 Å². The minimum absolute atomic E-state index is 0. The molecule has 1 aromatic heterocycles. The van der Waals surface area contributed by atoms with Crippen LogP contribution in [0.4, 0.5) is 4.79 Å². The van der Waals surface area contributed by atoms with Gasteiger partial charge in [-0.2, -0.15) is 0 Å². The standard InChI is InChI=1S/C22H33N5O3.HI/c1-6-23-20(25-13-14-26-21(28)30-22(3,4)5)24-12-11-18-15-29-19(27-18)17-9-7-16(2)8-10-17;/h7-10,15H,6,11-14H2,1-5H3,(H,26,28)(H2,23,24,25);1H. The lowest BCUT2D eigenvalue weighted by molar-refractivity contribution is 0.0529. The number of aliphatic imine (C=N–C) groups is 1. The highest BCUT2D eigenvalue weighted by molar-refractivity contribution is 14.0. The van der Waals surface area contributed by atoms with E-state index in [-0.39, 0.29) is 24.0 Å². The number of alkyl carbamates (subject to hydrolysis) is 1. The molecule has 0 aliphatic carbocycles. The molecule has 172 valence electrons. The lowest BCUT2D eigenvalue weighted by Crippen LogP contribution is -2.42. The number of benzene rings is 1. The number of nitrogens with one attached hydrogen (secondary N) is 3. The van der Waals surface area contributed by atoms with Crippen molar-refractivity contribution >= 4 is 36.0 Å². The molecule has 1 heterocycles. The molecule has 3 N–H and O–H groups in total. The van der Waals surface area contributed by atoms with Crippen molar-refractivity contribution in [3.05, 3.63) is 41.8 Å². The number of ether oxygens (including phenoxy) is 1. The van der Waals surface area contributed by atoms with Crippen molar-refractivity contribution in [3.63, 3.8) is 0 Å². The number of halogens is 1. The predicted molar refractivity (Wildman–Crippen MR) is 134 cm³/mol. The Morgan fingerprint density at radius 3 is 2.45 bits per heavy atom. The molecule has 0 saturated heterocycles. The SMILES string of the molecule is CCNC(=NCCc1coc(-c2ccc(C)cc2)n1)NCCNC(=O)OC(C)(C)C.I. The van der Waals surface area contributed by atoms with E-state index in [4.69, 9.17) is 9.15 Å². The van der Waals surface area contributed by atoms with Gasteiger partial charge in [-0.3, -0.25) is 4.99 Å². The van der Waals surface area contributed by atoms with Crippen LogP contribution in [0.25, 0.3) is 11.5 Å². The summed E-state index contributed by atoms with van der Waals surface area (Å²) in [7, 11) is 0. The van der Waals surface area contributed by atoms with Crippen LogP contribution in [-0.4, -0.2) is 48.8 Å². The summed E-state index contributed by atoms with van der Waals surface area (Å²) >= 11 is 0. The van der Waals surface area contributed by atoms with E-state index in [2.05, 4.69) is 25.9 Å². The average molecular weight is 543 g/mol. The average Bonchev–Trinajstić information content (AvgIpc) is 3.13. The van der Waals surface area contributed by atoms with E-state index in [9.17, 15) is 4.79 Å². The van der Waals surface area contributed by atoms with E-state index in [0.29, 0.717) is 37.9 Å². The number of oxazole rings is 1. The fraction of sp³-hybridized carbons (Fsp3) is 0.500. The van der Waals surface area contributed by atoms with E-state index in [1.165, 1.54) is 5.56 Å². The van der Waals surface area contributed by atoms with Crippen molar-refractivity contribution in [1.29, 1.82) is 0 Å². The molecule has 31 heavy (non-hydrogen) atoms. The third-order valence-corrected chi connectivity index (χ3v) is 3.92. The molecule has 0 atom stereocenters. The van der Waals surface area contributed by atoms with Crippen LogP contribution in [0.5, 0.6) is 0 Å². The zero-order valence-corrected chi connectivity index (χ0v) is 21.3. The second kappa shape index (κ2) is 13.2. The van der Waals surface area contributed by atoms with Gasteiger partial charge in [-0.15, -0.1) is 24.0 Å². The zero-order chi connectivity index (χ0) is 22.0. The molecule has 0 radical (unpaired) electrons. The number of nitrogens with zero attached hydrogens (tertiary/aromatic N) is 2. The van der Waals surface area contributed by atoms with Gasteiger partial charge in [0.1, 0.15) is 11.9 Å². The third-order valence-electron chi connectivity index (χ3n) is 3.92. The first-order valence-electron chi connectivity index (χ1n) is 10.3. The van der Waals surface area contributed by atoms with Crippen LogP contribution in [0.1, 0.15) is 39.0 Å². The van der Waals surface area contributed by atoms with Crippen molar-refractivity contribution < 1.29 is 13.9 Å². The van der Waals surface area contributed by atoms with Crippen LogP contribution in [0, 0.1) is 6.92 Å². The molecule has 0 spiro atoms. The molecule has 2 aromatic rings. The highest BCUT2D eigenvalue weighted by Crippen LogP contribution is 2.19. The summed E-state index contributed by atoms with van der Waals surface area (Å²) in [4.78, 5) is 20.7. The Bertz CT molecular complexity index is 828. The number of guanidine groups is 1. The second-order valence-corrected chi connectivity index (χ2v) is 7.88. The Kier molecular flexibility index (Phi) is 11.4. The maximum absolute atomic E-state index is 11.7. The van der Waals surface area contributed by atoms with Gasteiger partial charge in [0.15, 0.2) is 5.96 Å². The third kappa shape index (κ3) is 10.5. The topological polar surface area (TPSA) is 101 Å². The van der Waals surface area contributed by atoms with Crippen molar-refractivity contribution in [2.45, 2.75) is 46.6 Å². The molecule has 1 aromatic carbocycles. The fourth-order valence-electron chi connectivity index (χ4n) is 2.53. The van der Waals surface area contributed by atoms with E-state index < -0.39 is 11.7 Å². The lowest BCUT2D eigenvalue weighted by Gasteiger charge is -2.19. The normalized spacial score (nSPS) is 11.5. The highest BCUT2D eigenvalue weighted by atomic mass is 127. The zero-order valence-electron chi connectivity index (χ0n) is 18.9. The van der Waals surface area contributed by atoms with Crippen LogP contribution >= 0.6 is 24.0 Å². The molecule has 2 rings (SSSR count). The molecule has 8 nitrogen and oxygen atoms in total. The minimum Gasteiger partial charge on any atom is -0.444 e.